The van der Waals surface area contributed by atoms with Crippen LogP contribution in [-0.2, 0) is 15.1 Å². The molecule has 0 saturated heterocycles. The van der Waals surface area contributed by atoms with Gasteiger partial charge in [-0.1, -0.05) is 29.8 Å². The number of thiophene rings is 1. The fourth-order valence-electron chi connectivity index (χ4n) is 3.39. The summed E-state index contributed by atoms with van der Waals surface area (Å²) in [6, 6.07) is 8.09. The summed E-state index contributed by atoms with van der Waals surface area (Å²) < 4.78 is 6.65. The van der Waals surface area contributed by atoms with E-state index < -0.39 is 11.5 Å². The number of aryl methyl sites for hydroxylation is 3. The number of nitrogens with zero attached hydrogens (tertiary/aromatic N) is 2. The van der Waals surface area contributed by atoms with Gasteiger partial charge < -0.3 is 4.74 Å². The van der Waals surface area contributed by atoms with E-state index in [4.69, 9.17) is 4.74 Å². The second-order valence-electron chi connectivity index (χ2n) is 7.16. The third kappa shape index (κ3) is 3.18. The molecule has 0 aliphatic heterocycles. The van der Waals surface area contributed by atoms with Gasteiger partial charge in [0, 0.05) is 10.4 Å². The second kappa shape index (κ2) is 6.93. The quantitative estimate of drug-likeness (QED) is 0.628. The highest BCUT2D eigenvalue weighted by Crippen LogP contribution is 2.36. The average molecular weight is 385 g/mol. The molecule has 3 aromatic rings. The zero-order valence-corrected chi connectivity index (χ0v) is 17.4. The van der Waals surface area contributed by atoms with Gasteiger partial charge in [-0.3, -0.25) is 9.36 Å². The number of carbonyl (C=O) groups excluding carboxylic acids is 1. The van der Waals surface area contributed by atoms with E-state index in [1.54, 1.807) is 27.7 Å². The van der Waals surface area contributed by atoms with Crippen LogP contribution in [0.1, 0.15) is 37.0 Å². The second-order valence-corrected chi connectivity index (χ2v) is 8.36. The molecule has 1 aromatic carbocycles. The van der Waals surface area contributed by atoms with Gasteiger partial charge in [0.1, 0.15) is 16.2 Å². The fraction of sp³-hybridized carbons (Fsp3) is 0.381. The zero-order valence-electron chi connectivity index (χ0n) is 16.5. The Morgan fingerprint density at radius 2 is 1.81 bits per heavy atom. The highest BCUT2D eigenvalue weighted by Gasteiger charge is 2.35. The van der Waals surface area contributed by atoms with Crippen LogP contribution >= 0.6 is 11.3 Å². The topological polar surface area (TPSA) is 61.2 Å². The standard InChI is InChI=1S/C21H24N2O3S/c1-7-26-20(25)21(5,6)23-14(4)22-18-17(19(23)24)16(13(3)27-18)15-10-8-12(2)9-11-15/h8-11H,7H2,1-6H3. The number of esters is 1. The molecular weight excluding hydrogens is 360 g/mol. The third-order valence-electron chi connectivity index (χ3n) is 4.74. The minimum Gasteiger partial charge on any atom is -0.464 e. The molecule has 3 rings (SSSR count). The minimum atomic E-state index is -1.14. The van der Waals surface area contributed by atoms with Crippen molar-refractivity contribution in [2.75, 3.05) is 6.61 Å². The molecule has 0 spiro atoms. The van der Waals surface area contributed by atoms with E-state index in [0.29, 0.717) is 16.0 Å². The Morgan fingerprint density at radius 1 is 1.19 bits per heavy atom. The number of aromatic nitrogens is 2. The van der Waals surface area contributed by atoms with Crippen molar-refractivity contribution in [3.05, 3.63) is 50.9 Å². The predicted octanol–water partition coefficient (Wildman–Crippen LogP) is 4.35. The summed E-state index contributed by atoms with van der Waals surface area (Å²) in [5, 5.41) is 0.560. The summed E-state index contributed by atoms with van der Waals surface area (Å²) in [6.07, 6.45) is 0. The van der Waals surface area contributed by atoms with E-state index in [9.17, 15) is 9.59 Å². The first-order chi connectivity index (χ1) is 12.7. The summed E-state index contributed by atoms with van der Waals surface area (Å²) in [6.45, 7) is 11.2. The summed E-state index contributed by atoms with van der Waals surface area (Å²) in [5.74, 6) is 0.0578. The van der Waals surface area contributed by atoms with Crippen LogP contribution in [0.15, 0.2) is 29.1 Å². The largest absolute Gasteiger partial charge is 0.464 e. The number of fused-ring (bicyclic) bond motifs is 1. The summed E-state index contributed by atoms with van der Waals surface area (Å²) in [7, 11) is 0. The fourth-order valence-corrected chi connectivity index (χ4v) is 4.47. The number of ether oxygens (including phenoxy) is 1. The molecule has 0 N–H and O–H groups in total. The number of hydrogen-bond donors (Lipinski definition) is 0. The molecule has 0 unspecified atom stereocenters. The zero-order chi connectivity index (χ0) is 19.9. The Morgan fingerprint density at radius 3 is 2.41 bits per heavy atom. The Balaban J connectivity index is 2.33. The molecule has 142 valence electrons. The Hall–Kier alpha value is -2.47. The maximum Gasteiger partial charge on any atom is 0.331 e. The van der Waals surface area contributed by atoms with Gasteiger partial charge in [-0.2, -0.15) is 0 Å². The Labute approximate surface area is 162 Å². The Kier molecular flexibility index (Phi) is 4.95. The van der Waals surface area contributed by atoms with Gasteiger partial charge in [0.2, 0.25) is 0 Å². The predicted molar refractivity (Wildman–Crippen MR) is 109 cm³/mol. The van der Waals surface area contributed by atoms with Gasteiger partial charge in [0.15, 0.2) is 0 Å². The van der Waals surface area contributed by atoms with E-state index in [-0.39, 0.29) is 12.2 Å². The van der Waals surface area contributed by atoms with Crippen molar-refractivity contribution in [1.82, 2.24) is 9.55 Å². The normalized spacial score (nSPS) is 11.8. The van der Waals surface area contributed by atoms with Crippen molar-refractivity contribution < 1.29 is 9.53 Å². The molecule has 0 atom stereocenters. The SMILES string of the molecule is CCOC(=O)C(C)(C)n1c(C)nc2sc(C)c(-c3ccc(C)cc3)c2c1=O. The molecule has 0 aliphatic carbocycles. The number of benzene rings is 1. The molecule has 0 saturated carbocycles. The lowest BCUT2D eigenvalue weighted by molar-refractivity contribution is -0.152. The third-order valence-corrected chi connectivity index (χ3v) is 5.74. The van der Waals surface area contributed by atoms with Crippen LogP contribution in [0, 0.1) is 20.8 Å². The summed E-state index contributed by atoms with van der Waals surface area (Å²) in [4.78, 5) is 32.4. The first-order valence-electron chi connectivity index (χ1n) is 8.96. The van der Waals surface area contributed by atoms with Crippen LogP contribution in [0.2, 0.25) is 0 Å². The molecule has 27 heavy (non-hydrogen) atoms. The highest BCUT2D eigenvalue weighted by molar-refractivity contribution is 7.19. The van der Waals surface area contributed by atoms with Crippen molar-refractivity contribution >= 4 is 27.5 Å². The smallest absolute Gasteiger partial charge is 0.331 e. The molecule has 0 bridgehead atoms. The van der Waals surface area contributed by atoms with Gasteiger partial charge >= 0.3 is 5.97 Å². The van der Waals surface area contributed by atoms with E-state index in [2.05, 4.69) is 4.98 Å². The lowest BCUT2D eigenvalue weighted by Gasteiger charge is -2.26. The van der Waals surface area contributed by atoms with Crippen molar-refractivity contribution in [1.29, 1.82) is 0 Å². The van der Waals surface area contributed by atoms with Crippen molar-refractivity contribution in [3.63, 3.8) is 0 Å². The number of rotatable bonds is 4. The van der Waals surface area contributed by atoms with Crippen LogP contribution < -0.4 is 5.56 Å². The maximum atomic E-state index is 13.5. The summed E-state index contributed by atoms with van der Waals surface area (Å²) in [5.41, 5.74) is 1.67. The molecule has 0 amide bonds. The van der Waals surface area contributed by atoms with Gasteiger partial charge in [0.05, 0.1) is 12.0 Å². The van der Waals surface area contributed by atoms with Crippen molar-refractivity contribution in [3.8, 4) is 11.1 Å². The lowest BCUT2D eigenvalue weighted by atomic mass is 10.0. The maximum absolute atomic E-state index is 13.5. The molecule has 2 aromatic heterocycles. The van der Waals surface area contributed by atoms with Crippen LogP contribution in [0.4, 0.5) is 0 Å². The van der Waals surface area contributed by atoms with Crippen molar-refractivity contribution in [2.24, 2.45) is 0 Å². The van der Waals surface area contributed by atoms with Gasteiger partial charge in [-0.15, -0.1) is 11.3 Å². The molecule has 0 radical (unpaired) electrons. The first kappa shape index (κ1) is 19.3. The van der Waals surface area contributed by atoms with E-state index >= 15 is 0 Å². The van der Waals surface area contributed by atoms with Crippen LogP contribution in [-0.4, -0.2) is 22.1 Å². The average Bonchev–Trinajstić information content (AvgIpc) is 2.91. The highest BCUT2D eigenvalue weighted by atomic mass is 32.1. The van der Waals surface area contributed by atoms with Gasteiger partial charge in [-0.25, -0.2) is 9.78 Å². The number of hydrogen-bond acceptors (Lipinski definition) is 5. The molecule has 5 nitrogen and oxygen atoms in total. The van der Waals surface area contributed by atoms with Crippen LogP contribution in [0.5, 0.6) is 0 Å². The van der Waals surface area contributed by atoms with E-state index in [0.717, 1.165) is 21.6 Å². The van der Waals surface area contributed by atoms with Gasteiger partial charge in [0.25, 0.3) is 5.56 Å². The van der Waals surface area contributed by atoms with Crippen LogP contribution in [0.3, 0.4) is 0 Å². The minimum absolute atomic E-state index is 0.213. The van der Waals surface area contributed by atoms with E-state index in [1.807, 2.05) is 38.1 Å². The van der Waals surface area contributed by atoms with Crippen LogP contribution in [0.25, 0.3) is 21.3 Å². The monoisotopic (exact) mass is 384 g/mol. The lowest BCUT2D eigenvalue weighted by Crippen LogP contribution is -2.45. The van der Waals surface area contributed by atoms with Crippen molar-refractivity contribution in [2.45, 2.75) is 47.1 Å². The molecular formula is C21H24N2O3S. The van der Waals surface area contributed by atoms with E-state index in [1.165, 1.54) is 15.9 Å². The molecule has 0 aliphatic rings. The molecule has 2 heterocycles. The van der Waals surface area contributed by atoms with Gasteiger partial charge in [-0.05, 0) is 47.1 Å². The molecule has 6 heteroatoms. The molecule has 0 fully saturated rings. The summed E-state index contributed by atoms with van der Waals surface area (Å²) >= 11 is 1.50. The Bertz CT molecular complexity index is 1080. The first-order valence-corrected chi connectivity index (χ1v) is 9.77. The number of carbonyl (C=O) groups is 1.